The predicted molar refractivity (Wildman–Crippen MR) is 97.7 cm³/mol. The van der Waals surface area contributed by atoms with Gasteiger partial charge in [-0.3, -0.25) is 4.79 Å². The zero-order valence-corrected chi connectivity index (χ0v) is 15.5. The predicted octanol–water partition coefficient (Wildman–Crippen LogP) is 3.06. The van der Waals surface area contributed by atoms with Crippen LogP contribution >= 0.6 is 11.6 Å². The molecule has 6 heteroatoms. The number of hydrogen-bond donors (Lipinski definition) is 0. The van der Waals surface area contributed by atoms with E-state index in [2.05, 4.69) is 11.0 Å². The average molecular weight is 362 g/mol. The molecular weight excluding hydrogens is 338 g/mol. The number of hydrogen-bond acceptors (Lipinski definition) is 4. The van der Waals surface area contributed by atoms with Crippen LogP contribution in [0.3, 0.4) is 0 Å². The summed E-state index contributed by atoms with van der Waals surface area (Å²) in [6.45, 7) is 6.95. The molecule has 2 heterocycles. The number of nitrogens with zero attached hydrogens (tertiary/aromatic N) is 3. The first kappa shape index (κ1) is 18.0. The van der Waals surface area contributed by atoms with Crippen LogP contribution in [0, 0.1) is 17.2 Å². The van der Waals surface area contributed by atoms with Gasteiger partial charge >= 0.3 is 0 Å². The molecule has 0 spiro atoms. The molecule has 1 aromatic rings. The molecule has 2 unspecified atom stereocenters. The zero-order valence-electron chi connectivity index (χ0n) is 14.7. The fourth-order valence-electron chi connectivity index (χ4n) is 3.86. The van der Waals surface area contributed by atoms with Gasteiger partial charge in [0.1, 0.15) is 6.07 Å². The first-order valence-electron chi connectivity index (χ1n) is 8.86. The van der Waals surface area contributed by atoms with Gasteiger partial charge in [-0.05, 0) is 44.9 Å². The number of amides is 1. The molecule has 0 N–H and O–H groups in total. The second kappa shape index (κ2) is 7.63. The quantitative estimate of drug-likeness (QED) is 0.812. The van der Waals surface area contributed by atoms with Gasteiger partial charge in [-0.25, -0.2) is 0 Å². The third-order valence-electron chi connectivity index (χ3n) is 5.00. The summed E-state index contributed by atoms with van der Waals surface area (Å²) in [5.41, 5.74) is 1.50. The van der Waals surface area contributed by atoms with Crippen molar-refractivity contribution in [3.63, 3.8) is 0 Å². The van der Waals surface area contributed by atoms with Crippen molar-refractivity contribution in [2.75, 3.05) is 31.1 Å². The molecule has 0 radical (unpaired) electrons. The lowest BCUT2D eigenvalue weighted by Crippen LogP contribution is -2.51. The van der Waals surface area contributed by atoms with Crippen LogP contribution in [0.5, 0.6) is 0 Å². The molecule has 134 valence electrons. The molecule has 2 atom stereocenters. The molecule has 1 amide bonds. The van der Waals surface area contributed by atoms with Gasteiger partial charge in [0, 0.05) is 37.1 Å². The van der Waals surface area contributed by atoms with E-state index in [9.17, 15) is 10.1 Å². The Kier molecular flexibility index (Phi) is 5.51. The number of anilines is 1. The Morgan fingerprint density at radius 1 is 1.24 bits per heavy atom. The Hall–Kier alpha value is -1.77. The minimum Gasteiger partial charge on any atom is -0.372 e. The maximum Gasteiger partial charge on any atom is 0.225 e. The van der Waals surface area contributed by atoms with Crippen molar-refractivity contribution in [3.05, 3.63) is 28.8 Å². The molecule has 3 rings (SSSR count). The van der Waals surface area contributed by atoms with Crippen LogP contribution < -0.4 is 4.90 Å². The van der Waals surface area contributed by atoms with E-state index in [0.29, 0.717) is 23.7 Å². The van der Waals surface area contributed by atoms with E-state index in [1.54, 1.807) is 6.07 Å². The number of halogens is 1. The summed E-state index contributed by atoms with van der Waals surface area (Å²) in [7, 11) is 0. The van der Waals surface area contributed by atoms with Gasteiger partial charge in [0.2, 0.25) is 5.91 Å². The minimum atomic E-state index is 0.0617. The second-order valence-corrected chi connectivity index (χ2v) is 7.47. The Labute approximate surface area is 154 Å². The smallest absolute Gasteiger partial charge is 0.225 e. The summed E-state index contributed by atoms with van der Waals surface area (Å²) in [6.07, 6.45) is 1.82. The van der Waals surface area contributed by atoms with E-state index in [1.165, 1.54) is 0 Å². The molecule has 0 aromatic heterocycles. The third kappa shape index (κ3) is 4.08. The highest BCUT2D eigenvalue weighted by atomic mass is 35.5. The molecule has 2 saturated heterocycles. The number of ether oxygens (including phenoxy) is 1. The highest BCUT2D eigenvalue weighted by Crippen LogP contribution is 2.29. The normalized spacial score (nSPS) is 24.9. The van der Waals surface area contributed by atoms with Gasteiger partial charge in [-0.15, -0.1) is 0 Å². The van der Waals surface area contributed by atoms with Crippen molar-refractivity contribution in [3.8, 4) is 6.07 Å². The fourth-order valence-corrected chi connectivity index (χ4v) is 4.03. The first-order valence-corrected chi connectivity index (χ1v) is 9.24. The van der Waals surface area contributed by atoms with Crippen LogP contribution in [-0.2, 0) is 9.53 Å². The molecule has 0 aliphatic carbocycles. The molecular formula is C19H24ClN3O2. The van der Waals surface area contributed by atoms with E-state index >= 15 is 0 Å². The number of morpholine rings is 1. The topological polar surface area (TPSA) is 56.6 Å². The van der Waals surface area contributed by atoms with Crippen molar-refractivity contribution < 1.29 is 9.53 Å². The lowest BCUT2D eigenvalue weighted by atomic mass is 9.94. The van der Waals surface area contributed by atoms with E-state index in [0.717, 1.165) is 31.6 Å². The molecule has 5 nitrogen and oxygen atoms in total. The van der Waals surface area contributed by atoms with Crippen molar-refractivity contribution in [2.45, 2.75) is 38.9 Å². The van der Waals surface area contributed by atoms with Gasteiger partial charge in [0.05, 0.1) is 23.5 Å². The van der Waals surface area contributed by atoms with E-state index < -0.39 is 0 Å². The third-order valence-corrected chi connectivity index (χ3v) is 5.23. The number of rotatable bonds is 2. The number of carbonyl (C=O) groups excluding carboxylic acids is 1. The molecule has 1 aromatic carbocycles. The Bertz CT molecular complexity index is 670. The standard InChI is InChI=1S/C19H24ClN3O2/c1-13-11-23(12-14(2)25-13)19(24)15-5-7-22(8-6-15)18-4-3-17(20)9-16(18)10-21/h3-4,9,13-15H,5-8,11-12H2,1-2H3. The molecule has 0 saturated carbocycles. The minimum absolute atomic E-state index is 0.0617. The fraction of sp³-hybridized carbons (Fsp3) is 0.579. The van der Waals surface area contributed by atoms with Crippen molar-refractivity contribution in [2.24, 2.45) is 5.92 Å². The maximum atomic E-state index is 12.8. The average Bonchev–Trinajstić information content (AvgIpc) is 2.60. The summed E-state index contributed by atoms with van der Waals surface area (Å²) < 4.78 is 5.72. The Balaban J connectivity index is 1.62. The number of piperidine rings is 1. The Morgan fingerprint density at radius 3 is 2.48 bits per heavy atom. The summed E-state index contributed by atoms with van der Waals surface area (Å²) in [6, 6.07) is 7.62. The van der Waals surface area contributed by atoms with Gasteiger partial charge in [-0.1, -0.05) is 11.6 Å². The summed E-state index contributed by atoms with van der Waals surface area (Å²) in [4.78, 5) is 17.0. The van der Waals surface area contributed by atoms with Crippen LogP contribution in [-0.4, -0.2) is 49.2 Å². The van der Waals surface area contributed by atoms with E-state index in [1.807, 2.05) is 30.9 Å². The first-order chi connectivity index (χ1) is 12.0. The van der Waals surface area contributed by atoms with Crippen LogP contribution in [0.4, 0.5) is 5.69 Å². The monoisotopic (exact) mass is 361 g/mol. The lowest BCUT2D eigenvalue weighted by molar-refractivity contribution is -0.148. The van der Waals surface area contributed by atoms with Gasteiger partial charge in [0.25, 0.3) is 0 Å². The van der Waals surface area contributed by atoms with Gasteiger partial charge in [-0.2, -0.15) is 5.26 Å². The summed E-state index contributed by atoms with van der Waals surface area (Å²) >= 11 is 5.98. The van der Waals surface area contributed by atoms with E-state index in [4.69, 9.17) is 16.3 Å². The Morgan fingerprint density at radius 2 is 1.88 bits per heavy atom. The number of benzene rings is 1. The van der Waals surface area contributed by atoms with E-state index in [-0.39, 0.29) is 24.0 Å². The van der Waals surface area contributed by atoms with Crippen molar-refractivity contribution >= 4 is 23.2 Å². The van der Waals surface area contributed by atoms with Crippen LogP contribution in [0.2, 0.25) is 5.02 Å². The molecule has 25 heavy (non-hydrogen) atoms. The number of carbonyl (C=O) groups is 1. The van der Waals surface area contributed by atoms with Crippen molar-refractivity contribution in [1.29, 1.82) is 5.26 Å². The van der Waals surface area contributed by atoms with Crippen LogP contribution in [0.25, 0.3) is 0 Å². The highest BCUT2D eigenvalue weighted by molar-refractivity contribution is 6.30. The van der Waals surface area contributed by atoms with Crippen molar-refractivity contribution in [1.82, 2.24) is 4.90 Å². The second-order valence-electron chi connectivity index (χ2n) is 7.04. The molecule has 2 aliphatic heterocycles. The van der Waals surface area contributed by atoms with Gasteiger partial charge in [0.15, 0.2) is 0 Å². The SMILES string of the molecule is CC1CN(C(=O)C2CCN(c3ccc(Cl)cc3C#N)CC2)CC(C)O1. The highest BCUT2D eigenvalue weighted by Gasteiger charge is 2.33. The molecule has 2 fully saturated rings. The molecule has 2 aliphatic rings. The zero-order chi connectivity index (χ0) is 18.0. The summed E-state index contributed by atoms with van der Waals surface area (Å²) in [5.74, 6) is 0.310. The largest absolute Gasteiger partial charge is 0.372 e. The molecule has 0 bridgehead atoms. The summed E-state index contributed by atoms with van der Waals surface area (Å²) in [5, 5.41) is 9.90. The van der Waals surface area contributed by atoms with Crippen LogP contribution in [0.15, 0.2) is 18.2 Å². The van der Waals surface area contributed by atoms with Crippen LogP contribution in [0.1, 0.15) is 32.3 Å². The lowest BCUT2D eigenvalue weighted by Gasteiger charge is -2.39. The maximum absolute atomic E-state index is 12.8. The van der Waals surface area contributed by atoms with Gasteiger partial charge < -0.3 is 14.5 Å². The number of nitriles is 1.